The van der Waals surface area contributed by atoms with Crippen LogP contribution >= 0.6 is 0 Å². The van der Waals surface area contributed by atoms with Crippen molar-refractivity contribution in [2.24, 2.45) is 0 Å². The zero-order chi connectivity index (χ0) is 17.5. The standard InChI is InChI=1S/C17H23BFNO4/c1-16(2)17(3,4)24-18(23-16)13-7-5-6-12(14(13)19)15(21)20-8-10-22-11-9-20/h5-7H,8-11H2,1-4H3. The van der Waals surface area contributed by atoms with Crippen molar-refractivity contribution in [3.8, 4) is 0 Å². The first-order valence-electron chi connectivity index (χ1n) is 8.24. The minimum Gasteiger partial charge on any atom is -0.399 e. The smallest absolute Gasteiger partial charge is 0.399 e. The highest BCUT2D eigenvalue weighted by Crippen LogP contribution is 2.36. The fourth-order valence-corrected chi connectivity index (χ4v) is 2.80. The molecule has 0 bridgehead atoms. The average molecular weight is 335 g/mol. The van der Waals surface area contributed by atoms with Gasteiger partial charge < -0.3 is 18.9 Å². The van der Waals surface area contributed by atoms with Crippen LogP contribution in [-0.4, -0.2) is 55.4 Å². The molecular weight excluding hydrogens is 312 g/mol. The van der Waals surface area contributed by atoms with Gasteiger partial charge in [-0.2, -0.15) is 0 Å². The van der Waals surface area contributed by atoms with Gasteiger partial charge in [-0.3, -0.25) is 4.79 Å². The lowest BCUT2D eigenvalue weighted by Crippen LogP contribution is -2.43. The van der Waals surface area contributed by atoms with Crippen LogP contribution in [-0.2, 0) is 14.0 Å². The summed E-state index contributed by atoms with van der Waals surface area (Å²) in [5.41, 5.74) is -0.820. The molecule has 0 saturated carbocycles. The maximum atomic E-state index is 15.0. The first-order chi connectivity index (χ1) is 11.2. The number of amides is 1. The summed E-state index contributed by atoms with van der Waals surface area (Å²) in [7, 11) is -0.826. The molecule has 1 aromatic carbocycles. The second-order valence-electron chi connectivity index (χ2n) is 7.20. The number of carbonyl (C=O) groups is 1. The van der Waals surface area contributed by atoms with Crippen molar-refractivity contribution in [2.45, 2.75) is 38.9 Å². The third-order valence-electron chi connectivity index (χ3n) is 5.06. The molecule has 0 aliphatic carbocycles. The van der Waals surface area contributed by atoms with E-state index in [2.05, 4.69) is 0 Å². The van der Waals surface area contributed by atoms with Crippen LogP contribution in [0.25, 0.3) is 0 Å². The molecule has 0 N–H and O–H groups in total. The third kappa shape index (κ3) is 2.96. The zero-order valence-corrected chi connectivity index (χ0v) is 14.6. The van der Waals surface area contributed by atoms with Crippen molar-refractivity contribution in [2.75, 3.05) is 26.3 Å². The molecule has 2 aliphatic rings. The fraction of sp³-hybridized carbons (Fsp3) is 0.588. The van der Waals surface area contributed by atoms with Crippen LogP contribution in [0, 0.1) is 5.82 Å². The number of hydrogen-bond donors (Lipinski definition) is 0. The van der Waals surface area contributed by atoms with Crippen LogP contribution in [0.4, 0.5) is 4.39 Å². The Bertz CT molecular complexity index is 627. The highest BCUT2D eigenvalue weighted by Gasteiger charge is 2.52. The summed E-state index contributed by atoms with van der Waals surface area (Å²) in [5, 5.41) is 0. The van der Waals surface area contributed by atoms with Crippen LogP contribution in [0.3, 0.4) is 0 Å². The molecule has 24 heavy (non-hydrogen) atoms. The predicted molar refractivity (Wildman–Crippen MR) is 88.8 cm³/mol. The molecular formula is C17H23BFNO4. The van der Waals surface area contributed by atoms with Crippen LogP contribution in [0.15, 0.2) is 18.2 Å². The highest BCUT2D eigenvalue weighted by atomic mass is 19.1. The zero-order valence-electron chi connectivity index (χ0n) is 14.6. The lowest BCUT2D eigenvalue weighted by Gasteiger charge is -2.32. The monoisotopic (exact) mass is 335 g/mol. The molecule has 1 aromatic rings. The van der Waals surface area contributed by atoms with Gasteiger partial charge in [0.2, 0.25) is 0 Å². The van der Waals surface area contributed by atoms with Crippen LogP contribution < -0.4 is 5.46 Å². The second-order valence-corrected chi connectivity index (χ2v) is 7.20. The van der Waals surface area contributed by atoms with Gasteiger partial charge in [0, 0.05) is 18.6 Å². The summed E-state index contributed by atoms with van der Waals surface area (Å²) in [5.74, 6) is -0.901. The Balaban J connectivity index is 1.88. The molecule has 0 spiro atoms. The van der Waals surface area contributed by atoms with Crippen molar-refractivity contribution < 1.29 is 23.2 Å². The number of nitrogens with zero attached hydrogens (tertiary/aromatic N) is 1. The molecule has 2 fully saturated rings. The predicted octanol–water partition coefficient (Wildman–Crippen LogP) is 1.60. The van der Waals surface area contributed by atoms with Gasteiger partial charge in [0.25, 0.3) is 5.91 Å². The molecule has 2 saturated heterocycles. The van der Waals surface area contributed by atoms with Gasteiger partial charge in [-0.25, -0.2) is 4.39 Å². The first-order valence-corrected chi connectivity index (χ1v) is 8.24. The maximum Gasteiger partial charge on any atom is 0.497 e. The van der Waals surface area contributed by atoms with Gasteiger partial charge >= 0.3 is 7.12 Å². The quantitative estimate of drug-likeness (QED) is 0.771. The molecule has 1 amide bonds. The van der Waals surface area contributed by atoms with Crippen LogP contribution in [0.2, 0.25) is 0 Å². The molecule has 0 radical (unpaired) electrons. The summed E-state index contributed by atoms with van der Waals surface area (Å²) in [6.45, 7) is 9.54. The second kappa shape index (κ2) is 6.13. The Hall–Kier alpha value is -1.44. The van der Waals surface area contributed by atoms with Crippen molar-refractivity contribution in [1.29, 1.82) is 0 Å². The number of rotatable bonds is 2. The van der Waals surface area contributed by atoms with E-state index in [1.54, 1.807) is 17.0 Å². The number of benzene rings is 1. The highest BCUT2D eigenvalue weighted by molar-refractivity contribution is 6.62. The third-order valence-corrected chi connectivity index (χ3v) is 5.06. The van der Waals surface area contributed by atoms with E-state index in [0.717, 1.165) is 0 Å². The largest absolute Gasteiger partial charge is 0.497 e. The molecule has 0 atom stereocenters. The average Bonchev–Trinajstić information content (AvgIpc) is 2.75. The summed E-state index contributed by atoms with van der Waals surface area (Å²) in [6.07, 6.45) is 0. The Morgan fingerprint density at radius 3 is 2.29 bits per heavy atom. The SMILES string of the molecule is CC1(C)OB(c2cccc(C(=O)N3CCOCC3)c2F)OC1(C)C. The van der Waals surface area contributed by atoms with Crippen LogP contribution in [0.5, 0.6) is 0 Å². The molecule has 0 unspecified atom stereocenters. The first kappa shape index (κ1) is 17.4. The fourth-order valence-electron chi connectivity index (χ4n) is 2.80. The summed E-state index contributed by atoms with van der Waals surface area (Å²) in [4.78, 5) is 14.2. The van der Waals surface area contributed by atoms with Crippen molar-refractivity contribution in [1.82, 2.24) is 4.90 Å². The molecule has 2 heterocycles. The molecule has 0 aromatic heterocycles. The van der Waals surface area contributed by atoms with Gasteiger partial charge in [-0.1, -0.05) is 12.1 Å². The number of morpholine rings is 1. The Kier molecular flexibility index (Phi) is 4.44. The van der Waals surface area contributed by atoms with Gasteiger partial charge in [0.15, 0.2) is 0 Å². The van der Waals surface area contributed by atoms with E-state index in [4.69, 9.17) is 14.0 Å². The van der Waals surface area contributed by atoms with Crippen LogP contribution in [0.1, 0.15) is 38.1 Å². The lowest BCUT2D eigenvalue weighted by molar-refractivity contribution is 0.00578. The van der Waals surface area contributed by atoms with Crippen molar-refractivity contribution in [3.63, 3.8) is 0 Å². The number of carbonyl (C=O) groups excluding carboxylic acids is 1. The molecule has 7 heteroatoms. The van der Waals surface area contributed by atoms with Gasteiger partial charge in [0.05, 0.1) is 30.0 Å². The number of hydrogen-bond acceptors (Lipinski definition) is 4. The minimum absolute atomic E-state index is 0.0455. The normalized spacial score (nSPS) is 22.7. The number of ether oxygens (including phenoxy) is 1. The van der Waals surface area contributed by atoms with E-state index in [1.165, 1.54) is 6.07 Å². The van der Waals surface area contributed by atoms with Crippen molar-refractivity contribution >= 4 is 18.5 Å². The van der Waals surface area contributed by atoms with E-state index in [9.17, 15) is 9.18 Å². The van der Waals surface area contributed by atoms with E-state index >= 15 is 0 Å². The van der Waals surface area contributed by atoms with E-state index in [-0.39, 0.29) is 16.9 Å². The topological polar surface area (TPSA) is 48.0 Å². The summed E-state index contributed by atoms with van der Waals surface area (Å²) >= 11 is 0. The Morgan fingerprint density at radius 1 is 1.12 bits per heavy atom. The molecule has 5 nitrogen and oxygen atoms in total. The van der Waals surface area contributed by atoms with Crippen molar-refractivity contribution in [3.05, 3.63) is 29.6 Å². The van der Waals surface area contributed by atoms with Gasteiger partial charge in [0.1, 0.15) is 5.82 Å². The molecule has 3 rings (SSSR count). The summed E-state index contributed by atoms with van der Waals surface area (Å²) in [6, 6.07) is 4.77. The van der Waals surface area contributed by atoms with E-state index < -0.39 is 24.1 Å². The summed E-state index contributed by atoms with van der Waals surface area (Å²) < 4.78 is 32.0. The molecule has 2 aliphatic heterocycles. The lowest BCUT2D eigenvalue weighted by atomic mass is 9.77. The Labute approximate surface area is 142 Å². The number of halogens is 1. The maximum absolute atomic E-state index is 15.0. The van der Waals surface area contributed by atoms with Gasteiger partial charge in [-0.05, 0) is 33.8 Å². The Morgan fingerprint density at radius 2 is 1.71 bits per heavy atom. The van der Waals surface area contributed by atoms with E-state index in [0.29, 0.717) is 26.3 Å². The van der Waals surface area contributed by atoms with Gasteiger partial charge in [-0.15, -0.1) is 0 Å². The molecule has 130 valence electrons. The minimum atomic E-state index is -0.826. The van der Waals surface area contributed by atoms with E-state index in [1.807, 2.05) is 27.7 Å².